The van der Waals surface area contributed by atoms with Crippen molar-refractivity contribution in [1.29, 1.82) is 0 Å². The number of aliphatic carboxylic acids is 1. The number of thioether (sulfide) groups is 1. The Morgan fingerprint density at radius 3 is 2.48 bits per heavy atom. The van der Waals surface area contributed by atoms with Crippen LogP contribution in [0, 0.1) is 11.8 Å². The first-order chi connectivity index (χ1) is 10.8. The van der Waals surface area contributed by atoms with Crippen molar-refractivity contribution in [3.05, 3.63) is 29.8 Å². The quantitative estimate of drug-likeness (QED) is 0.894. The fourth-order valence-corrected chi connectivity index (χ4v) is 4.37. The Kier molecular flexibility index (Phi) is 4.03. The average Bonchev–Trinajstić information content (AvgIpc) is 3.10. The molecule has 1 N–H and O–H groups in total. The molecule has 1 aromatic carbocycles. The second kappa shape index (κ2) is 5.74. The van der Waals surface area contributed by atoms with Crippen LogP contribution in [0.15, 0.2) is 29.2 Å². The van der Waals surface area contributed by atoms with Crippen LogP contribution in [0.1, 0.15) is 5.56 Å². The predicted molar refractivity (Wildman–Crippen MR) is 77.0 cm³/mol. The lowest BCUT2D eigenvalue weighted by molar-refractivity contribution is -0.188. The van der Waals surface area contributed by atoms with Gasteiger partial charge in [0, 0.05) is 18.0 Å². The highest BCUT2D eigenvalue weighted by atomic mass is 32.2. The van der Waals surface area contributed by atoms with Crippen molar-refractivity contribution in [2.75, 3.05) is 13.1 Å². The zero-order valence-electron chi connectivity index (χ0n) is 11.9. The van der Waals surface area contributed by atoms with E-state index < -0.39 is 41.7 Å². The maximum Gasteiger partial charge on any atom is 0.394 e. The molecule has 2 aliphatic heterocycles. The molecule has 0 spiro atoms. The lowest BCUT2D eigenvalue weighted by Gasteiger charge is -2.20. The van der Waals surface area contributed by atoms with Crippen molar-refractivity contribution < 1.29 is 27.9 Å². The largest absolute Gasteiger partial charge is 0.481 e. The molecule has 1 aromatic rings. The number of likely N-dealkylation sites (tertiary alicyclic amines) is 1. The summed E-state index contributed by atoms with van der Waals surface area (Å²) in [6.07, 6.45) is -4.16. The minimum Gasteiger partial charge on any atom is -0.481 e. The lowest BCUT2D eigenvalue weighted by Crippen LogP contribution is -2.37. The monoisotopic (exact) mass is 345 g/mol. The Labute approximate surface area is 134 Å². The minimum atomic E-state index is -4.62. The molecule has 3 rings (SSSR count). The average molecular weight is 345 g/mol. The number of nitrogens with zero attached hydrogens (tertiary/aromatic N) is 1. The highest BCUT2D eigenvalue weighted by Gasteiger charge is 2.54. The molecular weight excluding hydrogens is 331 g/mol. The van der Waals surface area contributed by atoms with E-state index in [-0.39, 0.29) is 6.54 Å². The highest BCUT2D eigenvalue weighted by Crippen LogP contribution is 2.41. The summed E-state index contributed by atoms with van der Waals surface area (Å²) in [5.74, 6) is -5.51. The van der Waals surface area contributed by atoms with Crippen LogP contribution in [-0.4, -0.2) is 46.4 Å². The molecule has 1 unspecified atom stereocenters. The van der Waals surface area contributed by atoms with Crippen LogP contribution in [0.2, 0.25) is 0 Å². The van der Waals surface area contributed by atoms with E-state index in [1.54, 1.807) is 0 Å². The number of hydrogen-bond acceptors (Lipinski definition) is 3. The van der Waals surface area contributed by atoms with Gasteiger partial charge in [-0.25, -0.2) is 0 Å². The summed E-state index contributed by atoms with van der Waals surface area (Å²) >= 11 is 1.33. The van der Waals surface area contributed by atoms with Gasteiger partial charge in [-0.05, 0) is 18.1 Å². The smallest absolute Gasteiger partial charge is 0.394 e. The summed E-state index contributed by atoms with van der Waals surface area (Å²) in [6.45, 7) is -0.960. The van der Waals surface area contributed by atoms with Gasteiger partial charge in [-0.15, -0.1) is 11.8 Å². The van der Waals surface area contributed by atoms with Crippen LogP contribution in [0.3, 0.4) is 0 Å². The maximum absolute atomic E-state index is 13.0. The highest BCUT2D eigenvalue weighted by molar-refractivity contribution is 8.01. The van der Waals surface area contributed by atoms with E-state index in [0.717, 1.165) is 15.4 Å². The van der Waals surface area contributed by atoms with Crippen LogP contribution < -0.4 is 0 Å². The number of carbonyl (C=O) groups excluding carboxylic acids is 1. The van der Waals surface area contributed by atoms with Crippen molar-refractivity contribution in [3.8, 4) is 0 Å². The van der Waals surface area contributed by atoms with E-state index in [9.17, 15) is 22.8 Å². The van der Waals surface area contributed by atoms with E-state index in [4.69, 9.17) is 5.11 Å². The number of hydrogen-bond donors (Lipinski definition) is 1. The van der Waals surface area contributed by atoms with Gasteiger partial charge in [-0.2, -0.15) is 13.2 Å². The van der Waals surface area contributed by atoms with Gasteiger partial charge in [0.05, 0.1) is 17.1 Å². The maximum atomic E-state index is 13.0. The molecule has 0 aromatic heterocycles. The van der Waals surface area contributed by atoms with Gasteiger partial charge in [0.15, 0.2) is 0 Å². The summed E-state index contributed by atoms with van der Waals surface area (Å²) < 4.78 is 39.0. The number of carboxylic acid groups (broad SMARTS) is 1. The molecule has 3 atom stereocenters. The molecule has 124 valence electrons. The molecule has 0 bridgehead atoms. The molecule has 8 heteroatoms. The molecule has 0 saturated carbocycles. The molecule has 4 nitrogen and oxygen atoms in total. The van der Waals surface area contributed by atoms with Crippen LogP contribution >= 0.6 is 11.8 Å². The number of carboxylic acids is 1. The Hall–Kier alpha value is -1.70. The van der Waals surface area contributed by atoms with Gasteiger partial charge in [0.2, 0.25) is 5.91 Å². The lowest BCUT2D eigenvalue weighted by atomic mass is 9.96. The predicted octanol–water partition coefficient (Wildman–Crippen LogP) is 2.42. The van der Waals surface area contributed by atoms with Crippen LogP contribution in [0.4, 0.5) is 13.2 Å². The van der Waals surface area contributed by atoms with E-state index in [2.05, 4.69) is 0 Å². The second-order valence-corrected chi connectivity index (χ2v) is 7.00. The number of fused-ring (bicyclic) bond motifs is 1. The minimum absolute atomic E-state index is 0.383. The molecule has 1 amide bonds. The molecule has 2 aliphatic rings. The third kappa shape index (κ3) is 3.04. The number of benzene rings is 1. The number of halogens is 3. The SMILES string of the molecule is O=C(O)[C@@H]1CN(C(=O)C2Cc3ccccc3S2)C[C@H]1C(F)(F)F. The normalized spacial score (nSPS) is 27.1. The molecular formula is C15H14F3NO3S. The fourth-order valence-electron chi connectivity index (χ4n) is 3.09. The van der Waals surface area contributed by atoms with Crippen molar-refractivity contribution in [1.82, 2.24) is 4.90 Å². The zero-order valence-corrected chi connectivity index (χ0v) is 12.7. The van der Waals surface area contributed by atoms with Crippen LogP contribution in [-0.2, 0) is 16.0 Å². The summed E-state index contributed by atoms with van der Waals surface area (Å²) in [4.78, 5) is 25.6. The Balaban J connectivity index is 1.73. The van der Waals surface area contributed by atoms with Crippen molar-refractivity contribution in [2.24, 2.45) is 11.8 Å². The molecule has 0 aliphatic carbocycles. The van der Waals surface area contributed by atoms with Gasteiger partial charge in [0.1, 0.15) is 0 Å². The first-order valence-corrected chi connectivity index (χ1v) is 7.98. The first kappa shape index (κ1) is 16.2. The Morgan fingerprint density at radius 1 is 1.22 bits per heavy atom. The summed E-state index contributed by atoms with van der Waals surface area (Å²) in [7, 11) is 0. The molecule has 0 radical (unpaired) electrons. The molecule has 1 fully saturated rings. The second-order valence-electron chi connectivity index (χ2n) is 5.75. The first-order valence-electron chi connectivity index (χ1n) is 7.10. The van der Waals surface area contributed by atoms with E-state index in [1.165, 1.54) is 11.8 Å². The summed E-state index contributed by atoms with van der Waals surface area (Å²) in [5.41, 5.74) is 0.997. The van der Waals surface area contributed by atoms with Gasteiger partial charge in [-0.3, -0.25) is 9.59 Å². The van der Waals surface area contributed by atoms with Crippen LogP contribution in [0.5, 0.6) is 0 Å². The van der Waals surface area contributed by atoms with Crippen molar-refractivity contribution in [2.45, 2.75) is 22.7 Å². The van der Waals surface area contributed by atoms with E-state index in [0.29, 0.717) is 6.42 Å². The summed E-state index contributed by atoms with van der Waals surface area (Å²) in [6, 6.07) is 7.45. The molecule has 23 heavy (non-hydrogen) atoms. The number of alkyl halides is 3. The van der Waals surface area contributed by atoms with E-state index >= 15 is 0 Å². The Bertz CT molecular complexity index is 624. The van der Waals surface area contributed by atoms with E-state index in [1.807, 2.05) is 24.3 Å². The number of amides is 1. The third-order valence-corrected chi connectivity index (χ3v) is 5.60. The topological polar surface area (TPSA) is 57.6 Å². The zero-order chi connectivity index (χ0) is 16.8. The fraction of sp³-hybridized carbons (Fsp3) is 0.467. The third-order valence-electron chi connectivity index (χ3n) is 4.29. The molecule has 1 saturated heterocycles. The Morgan fingerprint density at radius 2 is 1.91 bits per heavy atom. The van der Waals surface area contributed by atoms with Gasteiger partial charge < -0.3 is 10.0 Å². The van der Waals surface area contributed by atoms with Gasteiger partial charge >= 0.3 is 12.1 Å². The van der Waals surface area contributed by atoms with Crippen molar-refractivity contribution in [3.63, 3.8) is 0 Å². The van der Waals surface area contributed by atoms with Crippen molar-refractivity contribution >= 4 is 23.6 Å². The standard InChI is InChI=1S/C15H14F3NO3S/c16-15(17,18)10-7-19(6-9(10)14(21)22)13(20)12-5-8-3-1-2-4-11(8)23-12/h1-4,9-10,12H,5-7H2,(H,21,22)/t9-,10-,12?/m1/s1. The number of carbonyl (C=O) groups is 2. The number of rotatable bonds is 2. The van der Waals surface area contributed by atoms with Crippen LogP contribution in [0.25, 0.3) is 0 Å². The molecule has 2 heterocycles. The summed E-state index contributed by atoms with van der Waals surface area (Å²) in [5, 5.41) is 8.53. The van der Waals surface area contributed by atoms with Gasteiger partial charge in [0.25, 0.3) is 0 Å². The van der Waals surface area contributed by atoms with Gasteiger partial charge in [-0.1, -0.05) is 18.2 Å².